The first-order chi connectivity index (χ1) is 14.6. The first kappa shape index (κ1) is 27.6. The Labute approximate surface area is 185 Å². The van der Waals surface area contributed by atoms with Gasteiger partial charge in [0.1, 0.15) is 6.04 Å². The molecule has 3 amide bonds. The molecule has 2 atom stereocenters. The van der Waals surface area contributed by atoms with Crippen LogP contribution in [0.2, 0.25) is 0 Å². The van der Waals surface area contributed by atoms with Crippen molar-refractivity contribution in [2.24, 2.45) is 5.73 Å². The highest BCUT2D eigenvalue weighted by atomic mass is 35.5. The Morgan fingerprint density at radius 2 is 1.77 bits per heavy atom. The van der Waals surface area contributed by atoms with E-state index in [0.29, 0.717) is 11.8 Å². The van der Waals surface area contributed by atoms with Gasteiger partial charge in [-0.05, 0) is 18.0 Å². The smallest absolute Gasteiger partial charge is 0.317 e. The fourth-order valence-corrected chi connectivity index (χ4v) is 2.32. The van der Waals surface area contributed by atoms with Gasteiger partial charge in [-0.15, -0.1) is 5.06 Å². The van der Waals surface area contributed by atoms with Gasteiger partial charge in [0.05, 0.1) is 24.5 Å². The number of nitrogens with zero attached hydrogens (tertiary/aromatic N) is 1. The Bertz CT molecular complexity index is 893. The van der Waals surface area contributed by atoms with Crippen molar-refractivity contribution in [2.45, 2.75) is 24.9 Å². The lowest BCUT2D eigenvalue weighted by atomic mass is 10.1. The molecule has 0 saturated heterocycles. The number of hydroxylamine groups is 2. The van der Waals surface area contributed by atoms with E-state index < -0.39 is 53.4 Å². The highest BCUT2D eigenvalue weighted by Gasteiger charge is 2.23. The molecular formula is C17H15ClN4O8S-2. The molecule has 14 heteroatoms. The predicted molar refractivity (Wildman–Crippen MR) is 103 cm³/mol. The van der Waals surface area contributed by atoms with E-state index in [1.165, 1.54) is 0 Å². The molecule has 0 aromatic carbocycles. The number of carbonyl (C=O) groups is 5. The van der Waals surface area contributed by atoms with E-state index in [1.807, 2.05) is 16.7 Å². The Kier molecular flexibility index (Phi) is 13.7. The number of carbonyl (C=O) groups excluding carboxylic acids is 5. The summed E-state index contributed by atoms with van der Waals surface area (Å²) in [6.45, 7) is -0.860. The lowest BCUT2D eigenvalue weighted by molar-refractivity contribution is -0.308. The third-order valence-electron chi connectivity index (χ3n) is 2.99. The van der Waals surface area contributed by atoms with Crippen LogP contribution in [0.5, 0.6) is 0 Å². The first-order valence-electron chi connectivity index (χ1n) is 8.08. The average molecular weight is 471 g/mol. The van der Waals surface area contributed by atoms with Gasteiger partial charge in [-0.2, -0.15) is 0 Å². The van der Waals surface area contributed by atoms with Crippen LogP contribution in [0.25, 0.3) is 0 Å². The molecular weight excluding hydrogens is 456 g/mol. The van der Waals surface area contributed by atoms with Crippen molar-refractivity contribution in [2.75, 3.05) is 12.3 Å². The quantitative estimate of drug-likeness (QED) is 0.105. The zero-order valence-electron chi connectivity index (χ0n) is 15.6. The van der Waals surface area contributed by atoms with Gasteiger partial charge >= 0.3 is 5.24 Å². The van der Waals surface area contributed by atoms with Gasteiger partial charge in [-0.1, -0.05) is 11.8 Å². The summed E-state index contributed by atoms with van der Waals surface area (Å²) in [6, 6.07) is -0.873. The third-order valence-corrected chi connectivity index (χ3v) is 4.00. The summed E-state index contributed by atoms with van der Waals surface area (Å²) in [7, 11) is 0. The van der Waals surface area contributed by atoms with Crippen LogP contribution in [0.1, 0.15) is 12.8 Å². The molecule has 0 spiro atoms. The number of carboxylic acid groups (broad SMARTS) is 2. The number of carboxylic acids is 2. The van der Waals surface area contributed by atoms with E-state index in [-0.39, 0.29) is 17.9 Å². The standard InChI is InChI=1S/C17H17ClN4O8S/c18-7-3-1-2-4-8-22(30)17(29)31-10-12(15(26)20-9-14(24)25)21-13(23)6-5-11(19)16(27)28/h11-12,30H,5-6,9-10,19H2,(H,20,26)(H,21,23)(H,24,25)(H,27,28)/p-2/t11?,12-/m0/s1. The fraction of sp³-hybridized carbons (Fsp3) is 0.353. The SMILES string of the molecule is NC(CCC(=O)N[C@@H](CSC(=O)N(O)C#CC#CC#CCl)C(=O)NCC(=O)[O-])C(=O)[O-]. The molecule has 5 N–H and O–H groups in total. The van der Waals surface area contributed by atoms with E-state index in [9.17, 15) is 39.4 Å². The number of thioether (sulfide) groups is 1. The number of nitrogens with one attached hydrogen (secondary N) is 2. The second kappa shape index (κ2) is 15.4. The van der Waals surface area contributed by atoms with Crippen molar-refractivity contribution in [3.05, 3.63) is 0 Å². The van der Waals surface area contributed by atoms with Gasteiger partial charge in [-0.25, -0.2) is 0 Å². The maximum Gasteiger partial charge on any atom is 0.317 e. The largest absolute Gasteiger partial charge is 0.548 e. The van der Waals surface area contributed by atoms with Gasteiger partial charge in [0.25, 0.3) is 0 Å². The topological polar surface area (TPSA) is 205 Å². The summed E-state index contributed by atoms with van der Waals surface area (Å²) in [4.78, 5) is 56.9. The van der Waals surface area contributed by atoms with E-state index in [4.69, 9.17) is 17.3 Å². The highest BCUT2D eigenvalue weighted by molar-refractivity contribution is 8.13. The number of rotatable bonds is 10. The number of halogens is 1. The normalized spacial score (nSPS) is 10.9. The molecule has 0 rings (SSSR count). The molecule has 0 aliphatic heterocycles. The summed E-state index contributed by atoms with van der Waals surface area (Å²) < 4.78 is 0. The van der Waals surface area contributed by atoms with E-state index in [0.717, 1.165) is 0 Å². The van der Waals surface area contributed by atoms with E-state index in [2.05, 4.69) is 29.0 Å². The van der Waals surface area contributed by atoms with Crippen LogP contribution in [0.4, 0.5) is 4.79 Å². The summed E-state index contributed by atoms with van der Waals surface area (Å²) in [5.74, 6) is 3.24. The number of hydrogen-bond donors (Lipinski definition) is 4. The van der Waals surface area contributed by atoms with Crippen molar-refractivity contribution >= 4 is 52.4 Å². The molecule has 31 heavy (non-hydrogen) atoms. The zero-order chi connectivity index (χ0) is 23.8. The van der Waals surface area contributed by atoms with Gasteiger partial charge in [0, 0.05) is 47.3 Å². The molecule has 0 radical (unpaired) electrons. The van der Waals surface area contributed by atoms with Crippen LogP contribution in [0.15, 0.2) is 0 Å². The second-order valence-corrected chi connectivity index (χ2v) is 6.43. The monoisotopic (exact) mass is 470 g/mol. The molecule has 0 bridgehead atoms. The maximum absolute atomic E-state index is 12.1. The molecule has 0 aromatic rings. The van der Waals surface area contributed by atoms with Gasteiger partial charge in [-0.3, -0.25) is 19.6 Å². The van der Waals surface area contributed by atoms with Crippen LogP contribution in [0.3, 0.4) is 0 Å². The minimum atomic E-state index is -1.60. The van der Waals surface area contributed by atoms with Gasteiger partial charge < -0.3 is 36.2 Å². The average Bonchev–Trinajstić information content (AvgIpc) is 2.72. The Morgan fingerprint density at radius 1 is 1.13 bits per heavy atom. The van der Waals surface area contributed by atoms with E-state index in [1.54, 1.807) is 0 Å². The molecule has 166 valence electrons. The molecule has 0 fully saturated rings. The molecule has 0 aliphatic carbocycles. The summed E-state index contributed by atoms with van der Waals surface area (Å²) >= 11 is 5.42. The Balaban J connectivity index is 4.99. The van der Waals surface area contributed by atoms with E-state index >= 15 is 0 Å². The molecule has 12 nitrogen and oxygen atoms in total. The van der Waals surface area contributed by atoms with Crippen molar-refractivity contribution < 1.29 is 39.4 Å². The van der Waals surface area contributed by atoms with Crippen LogP contribution in [0, 0.1) is 35.1 Å². The van der Waals surface area contributed by atoms with Crippen LogP contribution < -0.4 is 26.6 Å². The molecule has 0 aliphatic rings. The fourth-order valence-electron chi connectivity index (χ4n) is 1.56. The highest BCUT2D eigenvalue weighted by Crippen LogP contribution is 2.09. The first-order valence-corrected chi connectivity index (χ1v) is 9.45. The zero-order valence-corrected chi connectivity index (χ0v) is 17.2. The Hall–Kier alpha value is -3.41. The third kappa shape index (κ3) is 13.4. The van der Waals surface area contributed by atoms with Crippen molar-refractivity contribution in [3.8, 4) is 35.1 Å². The number of amides is 3. The van der Waals surface area contributed by atoms with Crippen LogP contribution in [-0.4, -0.2) is 63.6 Å². The molecule has 0 aromatic heterocycles. The lowest BCUT2D eigenvalue weighted by Crippen LogP contribution is -2.51. The van der Waals surface area contributed by atoms with Crippen molar-refractivity contribution in [1.82, 2.24) is 15.7 Å². The minimum absolute atomic E-state index is 0.0235. The predicted octanol–water partition coefficient (Wildman–Crippen LogP) is -4.10. The lowest BCUT2D eigenvalue weighted by Gasteiger charge is -2.19. The van der Waals surface area contributed by atoms with Crippen LogP contribution >= 0.6 is 23.4 Å². The minimum Gasteiger partial charge on any atom is -0.548 e. The number of nitrogens with two attached hydrogens (primary N) is 1. The number of aliphatic carboxylic acids is 2. The van der Waals surface area contributed by atoms with Crippen molar-refractivity contribution in [1.29, 1.82) is 0 Å². The molecule has 0 saturated carbocycles. The summed E-state index contributed by atoms with van der Waals surface area (Å²) in [6.07, 6.45) is -0.678. The van der Waals surface area contributed by atoms with Crippen LogP contribution in [-0.2, 0) is 19.2 Å². The number of hydrogen-bond acceptors (Lipinski definition) is 10. The Morgan fingerprint density at radius 3 is 2.35 bits per heavy atom. The molecule has 0 heterocycles. The van der Waals surface area contributed by atoms with Gasteiger partial charge in [0.2, 0.25) is 11.8 Å². The maximum atomic E-state index is 12.1. The van der Waals surface area contributed by atoms with Gasteiger partial charge in [0.15, 0.2) is 0 Å². The molecule has 1 unspecified atom stereocenters. The van der Waals surface area contributed by atoms with Crippen molar-refractivity contribution in [3.63, 3.8) is 0 Å². The summed E-state index contributed by atoms with van der Waals surface area (Å²) in [5.41, 5.74) is 5.22. The second-order valence-electron chi connectivity index (χ2n) is 5.27. The summed E-state index contributed by atoms with van der Waals surface area (Å²) in [5, 5.41) is 35.6.